The predicted molar refractivity (Wildman–Crippen MR) is 37.4 cm³/mol. The third-order valence-corrected chi connectivity index (χ3v) is 3.50. The van der Waals surface area contributed by atoms with Crippen molar-refractivity contribution < 1.29 is 23.8 Å². The van der Waals surface area contributed by atoms with Crippen LogP contribution in [0.4, 0.5) is 0 Å². The predicted octanol–water partition coefficient (Wildman–Crippen LogP) is -0.422. The summed E-state index contributed by atoms with van der Waals surface area (Å²) in [6.07, 6.45) is -2.09. The maximum absolute atomic E-state index is 11.2. The second-order valence-corrected chi connectivity index (χ2v) is 4.62. The Morgan fingerprint density at radius 1 is 1.55 bits per heavy atom. The van der Waals surface area contributed by atoms with Gasteiger partial charge >= 0.3 is 7.60 Å². The van der Waals surface area contributed by atoms with Gasteiger partial charge < -0.3 is 19.3 Å². The molecule has 0 aliphatic carbocycles. The standard InChI is InChI=1S/C5H11O5P/c1-9-11(8)3-5(7)4(6)2-10-11/h4-7H,2-3H2,1H3/t4-,5+,11?/m1/s1. The Morgan fingerprint density at radius 2 is 2.18 bits per heavy atom. The second-order valence-electron chi connectivity index (χ2n) is 2.41. The summed E-state index contributed by atoms with van der Waals surface area (Å²) in [5.74, 6) is 0. The zero-order valence-corrected chi connectivity index (χ0v) is 7.03. The van der Waals surface area contributed by atoms with Crippen molar-refractivity contribution >= 4 is 7.60 Å². The molecule has 5 nitrogen and oxygen atoms in total. The van der Waals surface area contributed by atoms with Crippen molar-refractivity contribution in [2.24, 2.45) is 0 Å². The van der Waals surface area contributed by atoms with E-state index in [0.717, 1.165) is 0 Å². The van der Waals surface area contributed by atoms with Gasteiger partial charge in [0.2, 0.25) is 0 Å². The molecule has 0 aromatic heterocycles. The molecule has 0 saturated carbocycles. The molecule has 1 saturated heterocycles. The van der Waals surface area contributed by atoms with Gasteiger partial charge in [-0.05, 0) is 0 Å². The summed E-state index contributed by atoms with van der Waals surface area (Å²) in [6, 6.07) is 0. The summed E-state index contributed by atoms with van der Waals surface area (Å²) in [7, 11) is -1.84. The number of aliphatic hydroxyl groups is 2. The molecule has 0 amide bonds. The average Bonchev–Trinajstić information content (AvgIpc) is 1.98. The first-order valence-electron chi connectivity index (χ1n) is 3.23. The molecule has 0 bridgehead atoms. The maximum Gasteiger partial charge on any atom is 0.333 e. The molecule has 1 heterocycles. The van der Waals surface area contributed by atoms with Gasteiger partial charge in [0.15, 0.2) is 0 Å². The highest BCUT2D eigenvalue weighted by molar-refractivity contribution is 7.53. The molecule has 0 aromatic carbocycles. The Hall–Kier alpha value is 0.0700. The van der Waals surface area contributed by atoms with Crippen LogP contribution in [0.3, 0.4) is 0 Å². The first-order chi connectivity index (χ1) is 5.07. The Balaban J connectivity index is 2.59. The van der Waals surface area contributed by atoms with E-state index in [0.29, 0.717) is 0 Å². The molecule has 1 aliphatic heterocycles. The van der Waals surface area contributed by atoms with Crippen molar-refractivity contribution in [1.82, 2.24) is 0 Å². The fourth-order valence-electron chi connectivity index (χ4n) is 0.832. The molecule has 1 aliphatic rings. The first kappa shape index (κ1) is 9.16. The Kier molecular flexibility index (Phi) is 2.67. The summed E-state index contributed by atoms with van der Waals surface area (Å²) in [6.45, 7) is -0.133. The molecular weight excluding hydrogens is 171 g/mol. The molecule has 0 radical (unpaired) electrons. The first-order valence-corrected chi connectivity index (χ1v) is 4.96. The Bertz CT molecular complexity index is 182. The lowest BCUT2D eigenvalue weighted by molar-refractivity contribution is -0.0189. The molecule has 3 atom stereocenters. The van der Waals surface area contributed by atoms with Gasteiger partial charge in [0.05, 0.1) is 18.9 Å². The largest absolute Gasteiger partial charge is 0.390 e. The van der Waals surface area contributed by atoms with Gasteiger partial charge in [-0.25, -0.2) is 0 Å². The van der Waals surface area contributed by atoms with Crippen molar-refractivity contribution in [1.29, 1.82) is 0 Å². The van der Waals surface area contributed by atoms with Crippen LogP contribution in [0.15, 0.2) is 0 Å². The van der Waals surface area contributed by atoms with Gasteiger partial charge in [-0.15, -0.1) is 0 Å². The van der Waals surface area contributed by atoms with E-state index in [4.69, 9.17) is 14.7 Å². The second kappa shape index (κ2) is 3.21. The SMILES string of the molecule is COP1(=O)C[C@H](O)[C@H](O)CO1. The van der Waals surface area contributed by atoms with Crippen LogP contribution in [-0.4, -0.2) is 42.3 Å². The highest BCUT2D eigenvalue weighted by atomic mass is 31.2. The summed E-state index contributed by atoms with van der Waals surface area (Å²) in [4.78, 5) is 0. The Morgan fingerprint density at radius 3 is 2.64 bits per heavy atom. The van der Waals surface area contributed by atoms with E-state index in [1.54, 1.807) is 0 Å². The van der Waals surface area contributed by atoms with Crippen molar-refractivity contribution in [3.8, 4) is 0 Å². The van der Waals surface area contributed by atoms with E-state index in [1.807, 2.05) is 0 Å². The quantitative estimate of drug-likeness (QED) is 0.538. The summed E-state index contributed by atoms with van der Waals surface area (Å²) in [5, 5.41) is 18.0. The molecular formula is C5H11O5P. The third kappa shape index (κ3) is 2.01. The van der Waals surface area contributed by atoms with Crippen LogP contribution in [0.5, 0.6) is 0 Å². The van der Waals surface area contributed by atoms with Crippen molar-refractivity contribution in [2.75, 3.05) is 19.9 Å². The molecule has 1 unspecified atom stereocenters. The van der Waals surface area contributed by atoms with Crippen LogP contribution < -0.4 is 0 Å². The lowest BCUT2D eigenvalue weighted by Gasteiger charge is -2.28. The fourth-order valence-corrected chi connectivity index (χ4v) is 2.27. The van der Waals surface area contributed by atoms with E-state index in [1.165, 1.54) is 7.11 Å². The van der Waals surface area contributed by atoms with Gasteiger partial charge in [-0.3, -0.25) is 4.57 Å². The van der Waals surface area contributed by atoms with Crippen molar-refractivity contribution in [3.05, 3.63) is 0 Å². The van der Waals surface area contributed by atoms with Gasteiger partial charge in [-0.1, -0.05) is 0 Å². The number of hydrogen-bond acceptors (Lipinski definition) is 5. The summed E-state index contributed by atoms with van der Waals surface area (Å²) in [5.41, 5.74) is 0. The van der Waals surface area contributed by atoms with E-state index in [2.05, 4.69) is 4.52 Å². The van der Waals surface area contributed by atoms with E-state index < -0.39 is 19.8 Å². The molecule has 0 spiro atoms. The smallest absolute Gasteiger partial charge is 0.333 e. The van der Waals surface area contributed by atoms with E-state index >= 15 is 0 Å². The van der Waals surface area contributed by atoms with Gasteiger partial charge in [-0.2, -0.15) is 0 Å². The van der Waals surface area contributed by atoms with Crippen LogP contribution in [0.1, 0.15) is 0 Å². The van der Waals surface area contributed by atoms with Gasteiger partial charge in [0.25, 0.3) is 0 Å². The Labute approximate surface area is 64.5 Å². The van der Waals surface area contributed by atoms with Crippen molar-refractivity contribution in [2.45, 2.75) is 12.2 Å². The number of rotatable bonds is 1. The molecule has 66 valence electrons. The zero-order valence-electron chi connectivity index (χ0n) is 6.14. The topological polar surface area (TPSA) is 76.0 Å². The normalized spacial score (nSPS) is 45.7. The highest BCUT2D eigenvalue weighted by Crippen LogP contribution is 2.50. The van der Waals surface area contributed by atoms with E-state index in [9.17, 15) is 4.57 Å². The molecule has 2 N–H and O–H groups in total. The molecule has 6 heteroatoms. The van der Waals surface area contributed by atoms with Crippen LogP contribution >= 0.6 is 7.60 Å². The summed E-state index contributed by atoms with van der Waals surface area (Å²) >= 11 is 0. The number of hydrogen-bond donors (Lipinski definition) is 2. The minimum absolute atomic E-state index is 0.133. The molecule has 1 fully saturated rings. The van der Waals surface area contributed by atoms with Gasteiger partial charge in [0, 0.05) is 7.11 Å². The zero-order chi connectivity index (χ0) is 8.48. The number of aliphatic hydroxyl groups excluding tert-OH is 2. The molecule has 0 aromatic rings. The van der Waals surface area contributed by atoms with E-state index in [-0.39, 0.29) is 12.8 Å². The lowest BCUT2D eigenvalue weighted by atomic mass is 10.2. The van der Waals surface area contributed by atoms with Crippen LogP contribution in [0, 0.1) is 0 Å². The van der Waals surface area contributed by atoms with Crippen LogP contribution in [0.25, 0.3) is 0 Å². The van der Waals surface area contributed by atoms with Crippen LogP contribution in [-0.2, 0) is 13.6 Å². The molecule has 1 rings (SSSR count). The third-order valence-electron chi connectivity index (χ3n) is 1.57. The highest BCUT2D eigenvalue weighted by Gasteiger charge is 2.36. The van der Waals surface area contributed by atoms with Crippen LogP contribution in [0.2, 0.25) is 0 Å². The average molecular weight is 182 g/mol. The monoisotopic (exact) mass is 182 g/mol. The minimum Gasteiger partial charge on any atom is -0.390 e. The lowest BCUT2D eigenvalue weighted by Crippen LogP contribution is -2.37. The van der Waals surface area contributed by atoms with Crippen molar-refractivity contribution in [3.63, 3.8) is 0 Å². The summed E-state index contributed by atoms with van der Waals surface area (Å²) < 4.78 is 20.5. The maximum atomic E-state index is 11.2. The minimum atomic E-state index is -3.10. The van der Waals surface area contributed by atoms with Gasteiger partial charge in [0.1, 0.15) is 6.10 Å². The fraction of sp³-hybridized carbons (Fsp3) is 1.00. The molecule has 11 heavy (non-hydrogen) atoms.